The van der Waals surface area contributed by atoms with Gasteiger partial charge in [-0.3, -0.25) is 0 Å². The second-order valence-electron chi connectivity index (χ2n) is 6.60. The van der Waals surface area contributed by atoms with Crippen LogP contribution in [0.2, 0.25) is 0 Å². The zero-order chi connectivity index (χ0) is 18.2. The van der Waals surface area contributed by atoms with E-state index in [2.05, 4.69) is 116 Å². The van der Waals surface area contributed by atoms with Crippen molar-refractivity contribution in [3.05, 3.63) is 120 Å². The molecule has 4 rings (SSSR count). The first-order chi connectivity index (χ1) is 12.7. The monoisotopic (exact) mass is 551 g/mol. The maximum Gasteiger partial charge on any atom is 3.00 e. The molecule has 0 aliphatic heterocycles. The van der Waals surface area contributed by atoms with Gasteiger partial charge in [-0.05, 0) is 19.5 Å². The molecule has 0 atom stereocenters. The Balaban J connectivity index is 0. The fraction of sp³-hybridized carbons (Fsp3) is 0.120. The fourth-order valence-electron chi connectivity index (χ4n) is 3.01. The third-order valence-electron chi connectivity index (χ3n) is 4.27. The smallest absolute Gasteiger partial charge is 1.00 e. The van der Waals surface area contributed by atoms with Crippen LogP contribution in [0.25, 0.3) is 10.8 Å². The summed E-state index contributed by atoms with van der Waals surface area (Å²) in [6.45, 7) is 4.67. The van der Waals surface area contributed by atoms with E-state index in [0.717, 1.165) is 0 Å². The summed E-state index contributed by atoms with van der Waals surface area (Å²) in [5, 5.41) is 2.66. The molecule has 4 aromatic carbocycles. The van der Waals surface area contributed by atoms with Crippen molar-refractivity contribution in [2.24, 2.45) is 0 Å². The molecule has 0 spiro atoms. The third-order valence-corrected chi connectivity index (χ3v) is 5.22. The largest absolute Gasteiger partial charge is 3.00 e. The van der Waals surface area contributed by atoms with Crippen LogP contribution in [0.3, 0.4) is 0 Å². The van der Waals surface area contributed by atoms with Crippen molar-refractivity contribution in [2.75, 3.05) is 19.5 Å². The van der Waals surface area contributed by atoms with Crippen LogP contribution in [0.15, 0.2) is 103 Å². The zero-order valence-corrected chi connectivity index (χ0v) is 22.7. The van der Waals surface area contributed by atoms with E-state index in [1.807, 2.05) is 0 Å². The van der Waals surface area contributed by atoms with Crippen molar-refractivity contribution in [1.29, 1.82) is 0 Å². The number of rotatable bonds is 4. The van der Waals surface area contributed by atoms with Crippen molar-refractivity contribution in [3.8, 4) is 0 Å². The molecule has 157 valence electrons. The Morgan fingerprint density at radius 2 is 1.13 bits per heavy atom. The van der Waals surface area contributed by atoms with E-state index in [1.54, 1.807) is 0 Å². The molecule has 0 N–H and O–H groups in total. The van der Waals surface area contributed by atoms with Gasteiger partial charge in [0.05, 0.1) is 0 Å². The van der Waals surface area contributed by atoms with Crippen molar-refractivity contribution in [2.45, 2.75) is 0 Å². The predicted molar refractivity (Wildman–Crippen MR) is 118 cm³/mol. The van der Waals surface area contributed by atoms with Crippen LogP contribution in [0, 0.1) is 5.92 Å². The Kier molecular flexibility index (Phi) is 17.8. The second-order valence-corrected chi connectivity index (χ2v) is 9.08. The Morgan fingerprint density at radius 1 is 0.667 bits per heavy atom. The molecule has 4 aromatic rings. The molecule has 5 heteroatoms. The standard InChI is InChI=1S/C16H18P.C9H7.3ClH.Zr/c1-17(2)13-16(14-9-5-3-6-10-14)15-11-7-4-8-12-15;1-2-5-9-7-3-6-8(9)4-1;;;;/h3-12H,13H2,1-2H3;1-7H;3*1H;/q2*-1;;;;+3/p-3. The van der Waals surface area contributed by atoms with Gasteiger partial charge < -0.3 is 37.2 Å². The molecule has 30 heavy (non-hydrogen) atoms. The van der Waals surface area contributed by atoms with Crippen LogP contribution in [-0.4, -0.2) is 19.5 Å². The number of fused-ring (bicyclic) bond motifs is 1. The number of halogens is 3. The molecule has 0 aliphatic carbocycles. The summed E-state index contributed by atoms with van der Waals surface area (Å²) in [7, 11) is 0.0759. The summed E-state index contributed by atoms with van der Waals surface area (Å²) < 4.78 is 0. The molecule has 0 saturated heterocycles. The average molecular weight is 554 g/mol. The Morgan fingerprint density at radius 3 is 1.60 bits per heavy atom. The topological polar surface area (TPSA) is 0 Å². The van der Waals surface area contributed by atoms with Crippen molar-refractivity contribution in [1.82, 2.24) is 0 Å². The first-order valence-corrected chi connectivity index (χ1v) is 11.4. The third kappa shape index (κ3) is 9.64. The van der Waals surface area contributed by atoms with Gasteiger partial charge in [-0.1, -0.05) is 42.5 Å². The Labute approximate surface area is 220 Å². The predicted octanol–water partition coefficient (Wildman–Crippen LogP) is -2.03. The zero-order valence-electron chi connectivity index (χ0n) is 17.1. The molecule has 0 aliphatic rings. The molecular formula is C25H25Cl3PZr-2. The fourth-order valence-corrected chi connectivity index (χ4v) is 4.01. The van der Waals surface area contributed by atoms with E-state index in [-0.39, 0.29) is 71.3 Å². The van der Waals surface area contributed by atoms with Gasteiger partial charge in [0.25, 0.3) is 0 Å². The van der Waals surface area contributed by atoms with Crippen LogP contribution in [-0.2, 0) is 26.2 Å². The molecule has 0 amide bonds. The normalized spacial score (nSPS) is 9.03. The van der Waals surface area contributed by atoms with Gasteiger partial charge in [0.2, 0.25) is 0 Å². The second kappa shape index (κ2) is 16.9. The SMILES string of the molecule is CP(C)C[C-](c1ccccc1)c1ccccc1.[Cl-].[Cl-].[Cl-].[Zr+3].c1ccc2[cH-]ccc2c1. The summed E-state index contributed by atoms with van der Waals surface area (Å²) in [4.78, 5) is 0. The first-order valence-electron chi connectivity index (χ1n) is 8.96. The van der Waals surface area contributed by atoms with Gasteiger partial charge in [0.15, 0.2) is 0 Å². The quantitative estimate of drug-likeness (QED) is 0.202. The van der Waals surface area contributed by atoms with E-state index in [9.17, 15) is 0 Å². The van der Waals surface area contributed by atoms with Crippen LogP contribution in [0.4, 0.5) is 0 Å². The maximum absolute atomic E-state index is 2.33. The van der Waals surface area contributed by atoms with Crippen LogP contribution in [0.1, 0.15) is 11.1 Å². The van der Waals surface area contributed by atoms with Gasteiger partial charge in [0, 0.05) is 0 Å². The molecule has 1 radical (unpaired) electrons. The minimum absolute atomic E-state index is 0. The van der Waals surface area contributed by atoms with Gasteiger partial charge in [-0.25, -0.2) is 0 Å². The van der Waals surface area contributed by atoms with Gasteiger partial charge in [0.1, 0.15) is 0 Å². The summed E-state index contributed by atoms with van der Waals surface area (Å²) in [5.74, 6) is 1.47. The van der Waals surface area contributed by atoms with E-state index in [4.69, 9.17) is 0 Å². The molecule has 0 unspecified atom stereocenters. The average Bonchev–Trinajstić information content (AvgIpc) is 3.17. The van der Waals surface area contributed by atoms with E-state index in [0.29, 0.717) is 0 Å². The first kappa shape index (κ1) is 31.5. The molecular weight excluding hydrogens is 529 g/mol. The number of hydrogen-bond acceptors (Lipinski definition) is 0. The molecule has 0 fully saturated rings. The van der Waals surface area contributed by atoms with Crippen LogP contribution >= 0.6 is 7.92 Å². The van der Waals surface area contributed by atoms with E-state index in [1.165, 1.54) is 34.0 Å². The van der Waals surface area contributed by atoms with Crippen molar-refractivity contribution < 1.29 is 63.4 Å². The number of hydrogen-bond donors (Lipinski definition) is 0. The Hall–Kier alpha value is -0.677. The maximum atomic E-state index is 2.33. The van der Waals surface area contributed by atoms with Crippen molar-refractivity contribution >= 4 is 18.7 Å². The molecule has 0 bridgehead atoms. The molecule has 0 aromatic heterocycles. The van der Waals surface area contributed by atoms with Crippen LogP contribution < -0.4 is 37.2 Å². The molecule has 0 saturated carbocycles. The van der Waals surface area contributed by atoms with Crippen LogP contribution in [0.5, 0.6) is 0 Å². The molecule has 0 nitrogen and oxygen atoms in total. The summed E-state index contributed by atoms with van der Waals surface area (Å²) in [5.41, 5.74) is 2.71. The van der Waals surface area contributed by atoms with E-state index < -0.39 is 0 Å². The Bertz CT molecular complexity index is 842. The number of benzene rings is 3. The summed E-state index contributed by atoms with van der Waals surface area (Å²) >= 11 is 0. The van der Waals surface area contributed by atoms with Gasteiger partial charge >= 0.3 is 26.2 Å². The molecule has 0 heterocycles. The minimum atomic E-state index is 0. The summed E-state index contributed by atoms with van der Waals surface area (Å²) in [6.07, 6.45) is 1.18. The van der Waals surface area contributed by atoms with Gasteiger partial charge in [-0.15, -0.1) is 78.9 Å². The summed E-state index contributed by atoms with van der Waals surface area (Å²) in [6, 6.07) is 36.1. The minimum Gasteiger partial charge on any atom is -1.00 e. The van der Waals surface area contributed by atoms with Crippen molar-refractivity contribution in [3.63, 3.8) is 0 Å². The van der Waals surface area contributed by atoms with E-state index >= 15 is 0 Å². The van der Waals surface area contributed by atoms with Gasteiger partial charge in [-0.2, -0.15) is 17.5 Å².